The standard InChI is InChI=1S/C21H29N5O4/c1-21(2,3)30-20(28)25-11-5-6-14(12-25)26-18(22)16(19(23)27)17(24-26)13-7-9-15(29-4)10-8-13/h7-10,14H,5-6,11-12,22H2,1-4H3,(H2,23,27)/t14-/m1/s1. The third-order valence-corrected chi connectivity index (χ3v) is 4.95. The number of primary amides is 1. The zero-order valence-electron chi connectivity index (χ0n) is 17.8. The number of ether oxygens (including phenoxy) is 2. The first-order valence-corrected chi connectivity index (χ1v) is 9.91. The third-order valence-electron chi connectivity index (χ3n) is 4.95. The first kappa shape index (κ1) is 21.5. The second-order valence-electron chi connectivity index (χ2n) is 8.37. The van der Waals surface area contributed by atoms with Crippen LogP contribution in [0.25, 0.3) is 11.3 Å². The first-order valence-electron chi connectivity index (χ1n) is 9.91. The molecule has 30 heavy (non-hydrogen) atoms. The van der Waals surface area contributed by atoms with Crippen LogP contribution < -0.4 is 16.2 Å². The van der Waals surface area contributed by atoms with Crippen molar-refractivity contribution in [2.75, 3.05) is 25.9 Å². The highest BCUT2D eigenvalue weighted by Crippen LogP contribution is 2.33. The molecule has 1 aromatic carbocycles. The number of rotatable bonds is 4. The Morgan fingerprint density at radius 3 is 2.43 bits per heavy atom. The van der Waals surface area contributed by atoms with Crippen LogP contribution in [0.1, 0.15) is 50.0 Å². The van der Waals surface area contributed by atoms with E-state index in [0.29, 0.717) is 30.1 Å². The highest BCUT2D eigenvalue weighted by molar-refractivity contribution is 6.03. The summed E-state index contributed by atoms with van der Waals surface area (Å²) in [7, 11) is 1.58. The highest BCUT2D eigenvalue weighted by Gasteiger charge is 2.32. The number of aromatic nitrogens is 2. The average molecular weight is 415 g/mol. The number of nitrogen functional groups attached to an aromatic ring is 1. The van der Waals surface area contributed by atoms with Crippen molar-refractivity contribution in [3.05, 3.63) is 29.8 Å². The van der Waals surface area contributed by atoms with Crippen LogP contribution in [0.15, 0.2) is 24.3 Å². The summed E-state index contributed by atoms with van der Waals surface area (Å²) in [6.45, 7) is 6.48. The summed E-state index contributed by atoms with van der Waals surface area (Å²) in [5, 5.41) is 4.62. The van der Waals surface area contributed by atoms with Crippen LogP contribution >= 0.6 is 0 Å². The van der Waals surface area contributed by atoms with Crippen LogP contribution in [-0.2, 0) is 4.74 Å². The van der Waals surface area contributed by atoms with Crippen LogP contribution in [0.2, 0.25) is 0 Å². The first-order chi connectivity index (χ1) is 14.1. The molecule has 9 nitrogen and oxygen atoms in total. The molecule has 9 heteroatoms. The van der Waals surface area contributed by atoms with E-state index in [0.717, 1.165) is 12.8 Å². The highest BCUT2D eigenvalue weighted by atomic mass is 16.6. The van der Waals surface area contributed by atoms with Crippen LogP contribution in [-0.4, -0.2) is 52.5 Å². The predicted molar refractivity (Wildman–Crippen MR) is 113 cm³/mol. The number of carbonyl (C=O) groups is 2. The van der Waals surface area contributed by atoms with E-state index in [4.69, 9.17) is 20.9 Å². The molecular formula is C21H29N5O4. The molecule has 1 fully saturated rings. The minimum atomic E-state index is -0.649. The third kappa shape index (κ3) is 4.50. The van der Waals surface area contributed by atoms with Crippen molar-refractivity contribution in [2.24, 2.45) is 5.73 Å². The molecule has 0 bridgehead atoms. The Kier molecular flexibility index (Phi) is 5.91. The minimum absolute atomic E-state index is 0.176. The van der Waals surface area contributed by atoms with Gasteiger partial charge in [-0.2, -0.15) is 5.10 Å². The van der Waals surface area contributed by atoms with Gasteiger partial charge in [-0.1, -0.05) is 0 Å². The number of anilines is 1. The van der Waals surface area contributed by atoms with Gasteiger partial charge in [0.25, 0.3) is 5.91 Å². The van der Waals surface area contributed by atoms with Crippen molar-refractivity contribution in [3.63, 3.8) is 0 Å². The largest absolute Gasteiger partial charge is 0.497 e. The lowest BCUT2D eigenvalue weighted by atomic mass is 10.1. The zero-order chi connectivity index (χ0) is 22.1. The van der Waals surface area contributed by atoms with E-state index in [1.54, 1.807) is 41.0 Å². The molecular weight excluding hydrogens is 386 g/mol. The number of likely N-dealkylation sites (tertiary alicyclic amines) is 1. The molecule has 0 unspecified atom stereocenters. The fraction of sp³-hybridized carbons (Fsp3) is 0.476. The predicted octanol–water partition coefficient (Wildman–Crippen LogP) is 2.81. The monoisotopic (exact) mass is 415 g/mol. The molecule has 0 radical (unpaired) electrons. The Bertz CT molecular complexity index is 930. The molecule has 162 valence electrons. The molecule has 2 aromatic rings. The topological polar surface area (TPSA) is 126 Å². The van der Waals surface area contributed by atoms with Gasteiger partial charge in [-0.25, -0.2) is 9.48 Å². The number of nitrogens with zero attached hydrogens (tertiary/aromatic N) is 3. The van der Waals surface area contributed by atoms with E-state index < -0.39 is 11.5 Å². The second kappa shape index (κ2) is 8.25. The quantitative estimate of drug-likeness (QED) is 0.791. The maximum absolute atomic E-state index is 12.5. The summed E-state index contributed by atoms with van der Waals surface area (Å²) in [5.41, 5.74) is 12.6. The Morgan fingerprint density at radius 1 is 1.20 bits per heavy atom. The Labute approximate surface area is 175 Å². The lowest BCUT2D eigenvalue weighted by Crippen LogP contribution is -2.43. The van der Waals surface area contributed by atoms with E-state index >= 15 is 0 Å². The number of nitrogens with two attached hydrogens (primary N) is 2. The number of piperidine rings is 1. The van der Waals surface area contributed by atoms with Crippen LogP contribution in [0.5, 0.6) is 5.75 Å². The Morgan fingerprint density at radius 2 is 1.87 bits per heavy atom. The molecule has 2 heterocycles. The Hall–Kier alpha value is -3.23. The molecule has 4 N–H and O–H groups in total. The van der Waals surface area contributed by atoms with Gasteiger partial charge in [-0.15, -0.1) is 0 Å². The summed E-state index contributed by atoms with van der Waals surface area (Å²) in [6, 6.07) is 6.97. The number of hydrogen-bond donors (Lipinski definition) is 2. The normalized spacial score (nSPS) is 16.9. The lowest BCUT2D eigenvalue weighted by Gasteiger charge is -2.34. The summed E-state index contributed by atoms with van der Waals surface area (Å²) in [4.78, 5) is 26.3. The summed E-state index contributed by atoms with van der Waals surface area (Å²) in [5.74, 6) is 0.237. The van der Waals surface area contributed by atoms with Crippen LogP contribution in [0.4, 0.5) is 10.6 Å². The fourth-order valence-electron chi connectivity index (χ4n) is 3.57. The van der Waals surface area contributed by atoms with Gasteiger partial charge in [0.2, 0.25) is 0 Å². The van der Waals surface area contributed by atoms with Gasteiger partial charge in [-0.3, -0.25) is 4.79 Å². The molecule has 0 spiro atoms. The van der Waals surface area contributed by atoms with E-state index in [9.17, 15) is 9.59 Å². The van der Waals surface area contributed by atoms with Gasteiger partial charge in [0.1, 0.15) is 28.4 Å². The SMILES string of the molecule is COc1ccc(-c2nn([C@@H]3CCCN(C(=O)OC(C)(C)C)C3)c(N)c2C(N)=O)cc1. The smallest absolute Gasteiger partial charge is 0.410 e. The summed E-state index contributed by atoms with van der Waals surface area (Å²) < 4.78 is 12.3. The zero-order valence-corrected chi connectivity index (χ0v) is 17.8. The number of benzene rings is 1. The fourth-order valence-corrected chi connectivity index (χ4v) is 3.57. The molecule has 1 aliphatic rings. The Balaban J connectivity index is 1.92. The molecule has 0 aliphatic carbocycles. The van der Waals surface area contributed by atoms with Crippen molar-refractivity contribution >= 4 is 17.8 Å². The van der Waals surface area contributed by atoms with Crippen molar-refractivity contribution in [2.45, 2.75) is 45.3 Å². The molecule has 1 saturated heterocycles. The summed E-state index contributed by atoms with van der Waals surface area (Å²) >= 11 is 0. The van der Waals surface area contributed by atoms with Crippen molar-refractivity contribution in [3.8, 4) is 17.0 Å². The van der Waals surface area contributed by atoms with Gasteiger partial charge < -0.3 is 25.8 Å². The van der Waals surface area contributed by atoms with Crippen LogP contribution in [0.3, 0.4) is 0 Å². The van der Waals surface area contributed by atoms with Gasteiger partial charge in [0.15, 0.2) is 0 Å². The summed E-state index contributed by atoms with van der Waals surface area (Å²) in [6.07, 6.45) is 1.17. The van der Waals surface area contributed by atoms with E-state index in [-0.39, 0.29) is 23.5 Å². The van der Waals surface area contributed by atoms with Crippen molar-refractivity contribution in [1.82, 2.24) is 14.7 Å². The maximum Gasteiger partial charge on any atom is 0.410 e. The van der Waals surface area contributed by atoms with Crippen LogP contribution in [0, 0.1) is 0 Å². The van der Waals surface area contributed by atoms with E-state index in [1.807, 2.05) is 20.8 Å². The maximum atomic E-state index is 12.5. The molecule has 0 saturated carbocycles. The minimum Gasteiger partial charge on any atom is -0.497 e. The molecule has 3 rings (SSSR count). The van der Waals surface area contributed by atoms with Crippen molar-refractivity contribution in [1.29, 1.82) is 0 Å². The average Bonchev–Trinajstić information content (AvgIpc) is 3.04. The van der Waals surface area contributed by atoms with E-state index in [2.05, 4.69) is 5.10 Å². The van der Waals surface area contributed by atoms with E-state index in [1.165, 1.54) is 0 Å². The molecule has 1 aliphatic heterocycles. The van der Waals surface area contributed by atoms with Crippen molar-refractivity contribution < 1.29 is 19.1 Å². The molecule has 1 atom stereocenters. The van der Waals surface area contributed by atoms with Gasteiger partial charge in [0.05, 0.1) is 13.2 Å². The number of carbonyl (C=O) groups excluding carboxylic acids is 2. The number of methoxy groups -OCH3 is 1. The number of amides is 2. The lowest BCUT2D eigenvalue weighted by molar-refractivity contribution is 0.0168. The van der Waals surface area contributed by atoms with Gasteiger partial charge in [0, 0.05) is 18.7 Å². The molecule has 2 amide bonds. The second-order valence-corrected chi connectivity index (χ2v) is 8.37. The van der Waals surface area contributed by atoms with Gasteiger partial charge >= 0.3 is 6.09 Å². The molecule has 1 aromatic heterocycles. The van der Waals surface area contributed by atoms with Gasteiger partial charge in [-0.05, 0) is 57.9 Å². The number of hydrogen-bond acceptors (Lipinski definition) is 6.